The quantitative estimate of drug-likeness (QED) is 0.843. The first-order valence-corrected chi connectivity index (χ1v) is 7.38. The van der Waals surface area contributed by atoms with Crippen LogP contribution in [0.25, 0.3) is 0 Å². The minimum Gasteiger partial charge on any atom is -0.496 e. The van der Waals surface area contributed by atoms with Crippen LogP contribution in [-0.2, 0) is 4.79 Å². The lowest BCUT2D eigenvalue weighted by atomic mass is 10.1. The molecule has 0 saturated carbocycles. The maximum absolute atomic E-state index is 12.6. The Bertz CT molecular complexity index is 805. The number of carbonyl (C=O) groups is 2. The van der Waals surface area contributed by atoms with Crippen molar-refractivity contribution in [3.63, 3.8) is 0 Å². The molecule has 2 amide bonds. The number of hydrogen-bond acceptors (Lipinski definition) is 5. The summed E-state index contributed by atoms with van der Waals surface area (Å²) in [6, 6.07) is 13.4. The van der Waals surface area contributed by atoms with Gasteiger partial charge in [0.15, 0.2) is 0 Å². The van der Waals surface area contributed by atoms with Gasteiger partial charge in [-0.2, -0.15) is 5.26 Å². The third-order valence-corrected chi connectivity index (χ3v) is 3.30. The lowest BCUT2D eigenvalue weighted by molar-refractivity contribution is -0.115. The molecule has 25 heavy (non-hydrogen) atoms. The van der Waals surface area contributed by atoms with Crippen molar-refractivity contribution in [1.29, 1.82) is 5.26 Å². The van der Waals surface area contributed by atoms with Crippen molar-refractivity contribution in [3.05, 3.63) is 48.0 Å². The zero-order valence-electron chi connectivity index (χ0n) is 13.8. The van der Waals surface area contributed by atoms with Crippen LogP contribution in [0.4, 0.5) is 11.4 Å². The first-order valence-electron chi connectivity index (χ1n) is 7.38. The smallest absolute Gasteiger partial charge is 0.263 e. The van der Waals surface area contributed by atoms with E-state index in [1.807, 2.05) is 0 Å². The largest absolute Gasteiger partial charge is 0.496 e. The molecule has 0 fully saturated rings. The van der Waals surface area contributed by atoms with E-state index in [2.05, 4.69) is 10.6 Å². The maximum Gasteiger partial charge on any atom is 0.263 e. The van der Waals surface area contributed by atoms with Gasteiger partial charge in [0.05, 0.1) is 20.3 Å². The number of rotatable bonds is 6. The summed E-state index contributed by atoms with van der Waals surface area (Å²) in [6.45, 7) is 0. The van der Waals surface area contributed by atoms with Crippen LogP contribution in [0.2, 0.25) is 0 Å². The zero-order chi connectivity index (χ0) is 18.2. The van der Waals surface area contributed by atoms with Crippen LogP contribution >= 0.6 is 0 Å². The topological polar surface area (TPSA) is 100 Å². The molecule has 7 heteroatoms. The van der Waals surface area contributed by atoms with Crippen molar-refractivity contribution >= 4 is 23.2 Å². The Morgan fingerprint density at radius 2 is 1.56 bits per heavy atom. The van der Waals surface area contributed by atoms with Gasteiger partial charge in [-0.15, -0.1) is 0 Å². The van der Waals surface area contributed by atoms with E-state index in [9.17, 15) is 9.59 Å². The van der Waals surface area contributed by atoms with Gasteiger partial charge in [0, 0.05) is 11.4 Å². The Kier molecular flexibility index (Phi) is 5.96. The van der Waals surface area contributed by atoms with Crippen LogP contribution in [0.5, 0.6) is 11.5 Å². The maximum atomic E-state index is 12.6. The van der Waals surface area contributed by atoms with Gasteiger partial charge in [-0.25, -0.2) is 0 Å². The Morgan fingerprint density at radius 3 is 2.12 bits per heavy atom. The van der Waals surface area contributed by atoms with Crippen molar-refractivity contribution in [2.45, 2.75) is 6.42 Å². The summed E-state index contributed by atoms with van der Waals surface area (Å²) in [7, 11) is 2.94. The second-order valence-electron chi connectivity index (χ2n) is 4.96. The standard InChI is InChI=1S/C18H17N3O4/c1-24-14-7-4-8-15(25-2)17(14)18(23)21-13-6-3-5-12(11-13)20-16(22)9-10-19/h3-8,11H,9H2,1-2H3,(H,20,22)(H,21,23). The molecule has 2 rings (SSSR count). The molecule has 0 spiro atoms. The summed E-state index contributed by atoms with van der Waals surface area (Å²) in [5, 5.41) is 13.8. The number of hydrogen-bond donors (Lipinski definition) is 2. The van der Waals surface area contributed by atoms with Gasteiger partial charge in [0.25, 0.3) is 5.91 Å². The SMILES string of the molecule is COc1cccc(OC)c1C(=O)Nc1cccc(NC(=O)CC#N)c1. The molecule has 0 aliphatic heterocycles. The number of amides is 2. The molecular weight excluding hydrogens is 322 g/mol. The molecular formula is C18H17N3O4. The average Bonchev–Trinajstić information content (AvgIpc) is 2.61. The minimum atomic E-state index is -0.419. The van der Waals surface area contributed by atoms with E-state index in [0.717, 1.165) is 0 Å². The fourth-order valence-electron chi connectivity index (χ4n) is 2.22. The first-order chi connectivity index (χ1) is 12.1. The number of ether oxygens (including phenoxy) is 2. The van der Waals surface area contributed by atoms with Crippen molar-refractivity contribution in [1.82, 2.24) is 0 Å². The average molecular weight is 339 g/mol. The van der Waals surface area contributed by atoms with Gasteiger partial charge in [-0.3, -0.25) is 9.59 Å². The molecule has 0 unspecified atom stereocenters. The lowest BCUT2D eigenvalue weighted by Crippen LogP contribution is -2.15. The molecule has 2 aromatic rings. The van der Waals surface area contributed by atoms with E-state index in [1.165, 1.54) is 14.2 Å². The molecule has 2 N–H and O–H groups in total. The second kappa shape index (κ2) is 8.36. The van der Waals surface area contributed by atoms with Crippen molar-refractivity contribution in [2.24, 2.45) is 0 Å². The number of carbonyl (C=O) groups excluding carboxylic acids is 2. The number of anilines is 2. The predicted octanol–water partition coefficient (Wildman–Crippen LogP) is 2.81. The van der Waals surface area contributed by atoms with Crippen LogP contribution in [0, 0.1) is 11.3 Å². The molecule has 0 aromatic heterocycles. The highest BCUT2D eigenvalue weighted by Crippen LogP contribution is 2.29. The molecule has 0 heterocycles. The number of nitrogens with zero attached hydrogens (tertiary/aromatic N) is 1. The Hall–Kier alpha value is -3.53. The fraction of sp³-hybridized carbons (Fsp3) is 0.167. The van der Waals surface area contributed by atoms with Crippen molar-refractivity contribution in [2.75, 3.05) is 24.9 Å². The number of nitrogens with one attached hydrogen (secondary N) is 2. The highest BCUT2D eigenvalue weighted by atomic mass is 16.5. The number of nitriles is 1. The second-order valence-corrected chi connectivity index (χ2v) is 4.96. The minimum absolute atomic E-state index is 0.241. The monoisotopic (exact) mass is 339 g/mol. The summed E-state index contributed by atoms with van der Waals surface area (Å²) >= 11 is 0. The Morgan fingerprint density at radius 1 is 1.00 bits per heavy atom. The van der Waals surface area contributed by atoms with Gasteiger partial charge in [0.1, 0.15) is 23.5 Å². The normalized spacial score (nSPS) is 9.64. The van der Waals surface area contributed by atoms with Crippen LogP contribution < -0.4 is 20.1 Å². The molecule has 0 atom stereocenters. The van der Waals surface area contributed by atoms with E-state index in [-0.39, 0.29) is 12.0 Å². The summed E-state index contributed by atoms with van der Waals surface area (Å²) in [6.07, 6.45) is -0.241. The molecule has 0 radical (unpaired) electrons. The third kappa shape index (κ3) is 4.48. The molecule has 0 aliphatic rings. The number of methoxy groups -OCH3 is 2. The summed E-state index contributed by atoms with van der Waals surface area (Å²) < 4.78 is 10.4. The number of benzene rings is 2. The summed E-state index contributed by atoms with van der Waals surface area (Å²) in [4.78, 5) is 24.1. The molecule has 0 bridgehead atoms. The highest BCUT2D eigenvalue weighted by molar-refractivity contribution is 6.08. The van der Waals surface area contributed by atoms with Gasteiger partial charge in [-0.1, -0.05) is 12.1 Å². The van der Waals surface area contributed by atoms with E-state index in [1.54, 1.807) is 48.5 Å². The Balaban J connectivity index is 2.22. The van der Waals surface area contributed by atoms with Crippen LogP contribution in [0.1, 0.15) is 16.8 Å². The molecule has 0 aliphatic carbocycles. The van der Waals surface area contributed by atoms with Crippen molar-refractivity contribution in [3.8, 4) is 17.6 Å². The van der Waals surface area contributed by atoms with Crippen LogP contribution in [-0.4, -0.2) is 26.0 Å². The van der Waals surface area contributed by atoms with E-state index in [4.69, 9.17) is 14.7 Å². The summed E-state index contributed by atoms with van der Waals surface area (Å²) in [5.74, 6) is -0.0576. The molecule has 128 valence electrons. The van der Waals surface area contributed by atoms with Gasteiger partial charge in [-0.05, 0) is 30.3 Å². The Labute approximate surface area is 145 Å². The van der Waals surface area contributed by atoms with Gasteiger partial charge < -0.3 is 20.1 Å². The van der Waals surface area contributed by atoms with Crippen molar-refractivity contribution < 1.29 is 19.1 Å². The van der Waals surface area contributed by atoms with Gasteiger partial charge in [0.2, 0.25) is 5.91 Å². The van der Waals surface area contributed by atoms with E-state index < -0.39 is 11.8 Å². The summed E-state index contributed by atoms with van der Waals surface area (Å²) in [5.41, 5.74) is 1.23. The molecule has 7 nitrogen and oxygen atoms in total. The zero-order valence-corrected chi connectivity index (χ0v) is 13.8. The lowest BCUT2D eigenvalue weighted by Gasteiger charge is -2.13. The van der Waals surface area contributed by atoms with E-state index >= 15 is 0 Å². The fourth-order valence-corrected chi connectivity index (χ4v) is 2.22. The molecule has 2 aromatic carbocycles. The van der Waals surface area contributed by atoms with Crippen LogP contribution in [0.3, 0.4) is 0 Å². The predicted molar refractivity (Wildman–Crippen MR) is 92.8 cm³/mol. The first kappa shape index (κ1) is 17.8. The highest BCUT2D eigenvalue weighted by Gasteiger charge is 2.18. The molecule has 0 saturated heterocycles. The van der Waals surface area contributed by atoms with Crippen LogP contribution in [0.15, 0.2) is 42.5 Å². The third-order valence-electron chi connectivity index (χ3n) is 3.30. The van der Waals surface area contributed by atoms with E-state index in [0.29, 0.717) is 22.9 Å². The van der Waals surface area contributed by atoms with Gasteiger partial charge >= 0.3 is 0 Å².